The van der Waals surface area contributed by atoms with Crippen molar-refractivity contribution in [1.29, 1.82) is 0 Å². The molecule has 32 heavy (non-hydrogen) atoms. The number of carbonyl (C=O) groups excluding carboxylic acids is 1. The van der Waals surface area contributed by atoms with Crippen molar-refractivity contribution in [2.75, 3.05) is 31.6 Å². The number of fused-ring (bicyclic) bond motifs is 2. The molecule has 0 aliphatic carbocycles. The van der Waals surface area contributed by atoms with Gasteiger partial charge in [-0.3, -0.25) is 9.36 Å². The Morgan fingerprint density at radius 2 is 2.09 bits per heavy atom. The normalized spacial score (nSPS) is 12.4. The molecule has 0 saturated carbocycles. The molecule has 0 radical (unpaired) electrons. The Morgan fingerprint density at radius 1 is 1.22 bits per heavy atom. The minimum Gasteiger partial charge on any atom is -0.454 e. The van der Waals surface area contributed by atoms with Crippen LogP contribution in [0, 0.1) is 0 Å². The van der Waals surface area contributed by atoms with Crippen molar-refractivity contribution in [2.24, 2.45) is 0 Å². The van der Waals surface area contributed by atoms with Crippen LogP contribution >= 0.6 is 11.8 Å². The highest BCUT2D eigenvalue weighted by Gasteiger charge is 2.19. The smallest absolute Gasteiger partial charge is 0.234 e. The fraction of sp³-hybridized carbons (Fsp3) is 0.227. The summed E-state index contributed by atoms with van der Waals surface area (Å²) in [6.07, 6.45) is 1.93. The molecule has 9 nitrogen and oxygen atoms in total. The SMILES string of the molecule is COCCn1c(SCC(=O)Nc2ccc3c(c2)OCO3)nnc1-c1c[nH]c2ccccc12. The van der Waals surface area contributed by atoms with E-state index in [4.69, 9.17) is 14.2 Å². The van der Waals surface area contributed by atoms with Crippen LogP contribution in [-0.2, 0) is 16.1 Å². The van der Waals surface area contributed by atoms with Crippen LogP contribution in [-0.4, -0.2) is 51.9 Å². The first-order valence-corrected chi connectivity index (χ1v) is 11.0. The topological polar surface area (TPSA) is 103 Å². The van der Waals surface area contributed by atoms with Gasteiger partial charge in [0.25, 0.3) is 0 Å². The monoisotopic (exact) mass is 451 g/mol. The Hall–Kier alpha value is -3.50. The quantitative estimate of drug-likeness (QED) is 0.395. The molecule has 1 aliphatic heterocycles. The van der Waals surface area contributed by atoms with Gasteiger partial charge in [0.2, 0.25) is 12.7 Å². The second kappa shape index (κ2) is 8.93. The number of hydrogen-bond acceptors (Lipinski definition) is 7. The minimum atomic E-state index is -0.149. The number of anilines is 1. The van der Waals surface area contributed by atoms with Gasteiger partial charge < -0.3 is 24.5 Å². The van der Waals surface area contributed by atoms with Crippen LogP contribution in [0.2, 0.25) is 0 Å². The number of aromatic nitrogens is 4. The number of methoxy groups -OCH3 is 1. The maximum atomic E-state index is 12.5. The lowest BCUT2D eigenvalue weighted by Crippen LogP contribution is -2.15. The van der Waals surface area contributed by atoms with Gasteiger partial charge in [-0.25, -0.2) is 0 Å². The van der Waals surface area contributed by atoms with Crippen molar-refractivity contribution in [3.8, 4) is 22.9 Å². The van der Waals surface area contributed by atoms with Gasteiger partial charge in [0, 0.05) is 41.5 Å². The summed E-state index contributed by atoms with van der Waals surface area (Å²) in [5, 5.41) is 13.4. The number of nitrogens with one attached hydrogen (secondary N) is 2. The fourth-order valence-corrected chi connectivity index (χ4v) is 4.30. The molecule has 10 heteroatoms. The molecule has 3 heterocycles. The fourth-order valence-electron chi connectivity index (χ4n) is 3.54. The molecule has 0 spiro atoms. The predicted molar refractivity (Wildman–Crippen MR) is 121 cm³/mol. The van der Waals surface area contributed by atoms with E-state index in [1.807, 2.05) is 35.0 Å². The Morgan fingerprint density at radius 3 is 3.00 bits per heavy atom. The zero-order valence-corrected chi connectivity index (χ0v) is 18.1. The van der Waals surface area contributed by atoms with E-state index in [-0.39, 0.29) is 18.5 Å². The molecule has 2 aromatic carbocycles. The summed E-state index contributed by atoms with van der Waals surface area (Å²) in [7, 11) is 1.65. The molecule has 1 amide bonds. The van der Waals surface area contributed by atoms with Gasteiger partial charge in [-0.05, 0) is 18.2 Å². The van der Waals surface area contributed by atoms with Crippen LogP contribution in [0.3, 0.4) is 0 Å². The van der Waals surface area contributed by atoms with Gasteiger partial charge >= 0.3 is 0 Å². The van der Waals surface area contributed by atoms with E-state index in [0.29, 0.717) is 35.5 Å². The number of carbonyl (C=O) groups is 1. The lowest BCUT2D eigenvalue weighted by Gasteiger charge is -2.10. The number of amides is 1. The zero-order valence-electron chi connectivity index (χ0n) is 17.3. The summed E-state index contributed by atoms with van der Waals surface area (Å²) in [5.74, 6) is 2.07. The molecule has 0 unspecified atom stereocenters. The van der Waals surface area contributed by atoms with Crippen molar-refractivity contribution in [2.45, 2.75) is 11.7 Å². The molecule has 0 fully saturated rings. The van der Waals surface area contributed by atoms with Crippen molar-refractivity contribution < 1.29 is 19.0 Å². The number of aromatic amines is 1. The van der Waals surface area contributed by atoms with E-state index in [1.54, 1.807) is 25.3 Å². The number of ether oxygens (including phenoxy) is 3. The molecule has 1 aliphatic rings. The van der Waals surface area contributed by atoms with Gasteiger partial charge in [-0.2, -0.15) is 0 Å². The molecule has 4 aromatic rings. The lowest BCUT2D eigenvalue weighted by molar-refractivity contribution is -0.113. The molecule has 164 valence electrons. The first kappa shape index (κ1) is 20.4. The predicted octanol–water partition coefficient (Wildman–Crippen LogP) is 3.53. The van der Waals surface area contributed by atoms with Gasteiger partial charge in [-0.1, -0.05) is 30.0 Å². The summed E-state index contributed by atoms with van der Waals surface area (Å²) in [6.45, 7) is 1.27. The average Bonchev–Trinajstić information content (AvgIpc) is 3.53. The van der Waals surface area contributed by atoms with Crippen LogP contribution in [0.1, 0.15) is 0 Å². The van der Waals surface area contributed by atoms with Crippen molar-refractivity contribution in [3.05, 3.63) is 48.7 Å². The van der Waals surface area contributed by atoms with E-state index in [1.165, 1.54) is 11.8 Å². The minimum absolute atomic E-state index is 0.149. The van der Waals surface area contributed by atoms with Crippen LogP contribution < -0.4 is 14.8 Å². The van der Waals surface area contributed by atoms with E-state index >= 15 is 0 Å². The molecular weight excluding hydrogens is 430 g/mol. The molecule has 0 bridgehead atoms. The standard InChI is InChI=1S/C22H21N5O4S/c1-29-9-8-27-21(16-11-23-17-5-3-2-4-15(16)17)25-26-22(27)32-12-20(28)24-14-6-7-18-19(10-14)31-13-30-18/h2-7,10-11,23H,8-9,12-13H2,1H3,(H,24,28). The van der Waals surface area contributed by atoms with Crippen molar-refractivity contribution >= 4 is 34.3 Å². The summed E-state index contributed by atoms with van der Waals surface area (Å²) in [4.78, 5) is 15.8. The van der Waals surface area contributed by atoms with Gasteiger partial charge in [0.05, 0.1) is 18.9 Å². The Kier molecular flexibility index (Phi) is 5.70. The van der Waals surface area contributed by atoms with Gasteiger partial charge in [0.1, 0.15) is 0 Å². The van der Waals surface area contributed by atoms with Crippen molar-refractivity contribution in [1.82, 2.24) is 19.7 Å². The summed E-state index contributed by atoms with van der Waals surface area (Å²) in [5.41, 5.74) is 2.64. The average molecular weight is 452 g/mol. The molecule has 0 saturated heterocycles. The molecule has 2 aromatic heterocycles. The number of para-hydroxylation sites is 1. The highest BCUT2D eigenvalue weighted by molar-refractivity contribution is 7.99. The van der Waals surface area contributed by atoms with E-state index < -0.39 is 0 Å². The molecular formula is C22H21N5O4S. The largest absolute Gasteiger partial charge is 0.454 e. The Bertz CT molecular complexity index is 1270. The first-order valence-electron chi connectivity index (χ1n) is 10.0. The molecule has 0 atom stereocenters. The number of benzene rings is 2. The number of rotatable bonds is 8. The highest BCUT2D eigenvalue weighted by atomic mass is 32.2. The third-order valence-electron chi connectivity index (χ3n) is 5.05. The number of nitrogens with zero attached hydrogens (tertiary/aromatic N) is 3. The number of H-pyrrole nitrogens is 1. The molecule has 2 N–H and O–H groups in total. The van der Waals surface area contributed by atoms with Gasteiger partial charge in [-0.15, -0.1) is 10.2 Å². The Labute approximate surface area is 188 Å². The van der Waals surface area contributed by atoms with Crippen molar-refractivity contribution in [3.63, 3.8) is 0 Å². The lowest BCUT2D eigenvalue weighted by atomic mass is 10.1. The van der Waals surface area contributed by atoms with Crippen LogP contribution in [0.4, 0.5) is 5.69 Å². The zero-order chi connectivity index (χ0) is 21.9. The van der Waals surface area contributed by atoms with E-state index in [2.05, 4.69) is 20.5 Å². The van der Waals surface area contributed by atoms with Crippen LogP contribution in [0.15, 0.2) is 53.8 Å². The summed E-state index contributed by atoms with van der Waals surface area (Å²) in [6, 6.07) is 13.4. The first-order chi connectivity index (χ1) is 15.7. The number of thioether (sulfide) groups is 1. The summed E-state index contributed by atoms with van der Waals surface area (Å²) < 4.78 is 17.9. The van der Waals surface area contributed by atoms with Gasteiger partial charge in [0.15, 0.2) is 22.5 Å². The Balaban J connectivity index is 1.32. The second-order valence-corrected chi connectivity index (χ2v) is 8.05. The van der Waals surface area contributed by atoms with Crippen LogP contribution in [0.5, 0.6) is 11.5 Å². The maximum absolute atomic E-state index is 12.5. The van der Waals surface area contributed by atoms with E-state index in [0.717, 1.165) is 22.3 Å². The number of hydrogen-bond donors (Lipinski definition) is 2. The third kappa shape index (κ3) is 4.02. The second-order valence-electron chi connectivity index (χ2n) is 7.10. The third-order valence-corrected chi connectivity index (χ3v) is 6.02. The maximum Gasteiger partial charge on any atom is 0.234 e. The van der Waals surface area contributed by atoms with Crippen LogP contribution in [0.25, 0.3) is 22.3 Å². The van der Waals surface area contributed by atoms with E-state index in [9.17, 15) is 4.79 Å². The molecule has 5 rings (SSSR count). The summed E-state index contributed by atoms with van der Waals surface area (Å²) >= 11 is 1.33. The highest BCUT2D eigenvalue weighted by Crippen LogP contribution is 2.34.